The molecule has 1 atom stereocenters. The van der Waals surface area contributed by atoms with Crippen LogP contribution in [0, 0.1) is 5.92 Å². The molecule has 0 saturated heterocycles. The van der Waals surface area contributed by atoms with E-state index in [1.165, 1.54) is 0 Å². The van der Waals surface area contributed by atoms with Crippen molar-refractivity contribution in [2.45, 2.75) is 20.0 Å². The molecule has 1 N–H and O–H groups in total. The lowest BCUT2D eigenvalue weighted by molar-refractivity contribution is 0.133. The van der Waals surface area contributed by atoms with Crippen molar-refractivity contribution < 1.29 is 5.11 Å². The Bertz CT molecular complexity index is 117. The SMILES string of the molecule is CC(C)[C@@H](O)CN=[N+]=[N-]. The van der Waals surface area contributed by atoms with Gasteiger partial charge >= 0.3 is 0 Å². The molecule has 0 radical (unpaired) electrons. The maximum atomic E-state index is 8.99. The Morgan fingerprint density at radius 2 is 2.22 bits per heavy atom. The molecule has 0 spiro atoms. The van der Waals surface area contributed by atoms with Gasteiger partial charge in [-0.2, -0.15) is 0 Å². The maximum Gasteiger partial charge on any atom is 0.0619 e. The van der Waals surface area contributed by atoms with E-state index >= 15 is 0 Å². The lowest BCUT2D eigenvalue weighted by Crippen LogP contribution is -2.17. The van der Waals surface area contributed by atoms with Crippen LogP contribution in [0.5, 0.6) is 0 Å². The Balaban J connectivity index is 3.49. The molecule has 4 heteroatoms. The maximum absolute atomic E-state index is 8.99. The normalized spacial score (nSPS) is 12.9. The lowest BCUT2D eigenvalue weighted by atomic mass is 10.1. The van der Waals surface area contributed by atoms with E-state index in [-0.39, 0.29) is 12.5 Å². The number of aliphatic hydroxyl groups excluding tert-OH is 1. The van der Waals surface area contributed by atoms with Crippen molar-refractivity contribution in [2.24, 2.45) is 11.0 Å². The highest BCUT2D eigenvalue weighted by molar-refractivity contribution is 4.62. The van der Waals surface area contributed by atoms with Gasteiger partial charge in [-0.1, -0.05) is 19.0 Å². The van der Waals surface area contributed by atoms with E-state index < -0.39 is 6.10 Å². The van der Waals surface area contributed by atoms with Gasteiger partial charge in [0.2, 0.25) is 0 Å². The molecule has 52 valence electrons. The summed E-state index contributed by atoms with van der Waals surface area (Å²) >= 11 is 0. The Kier molecular flexibility index (Phi) is 3.84. The third-order valence-electron chi connectivity index (χ3n) is 1.10. The summed E-state index contributed by atoms with van der Waals surface area (Å²) in [5, 5.41) is 12.2. The van der Waals surface area contributed by atoms with Crippen LogP contribution < -0.4 is 0 Å². The second-order valence-corrected chi connectivity index (χ2v) is 2.22. The summed E-state index contributed by atoms with van der Waals surface area (Å²) in [5.74, 6) is 0.162. The predicted octanol–water partition coefficient (Wildman–Crippen LogP) is 1.31. The van der Waals surface area contributed by atoms with Gasteiger partial charge in [0.25, 0.3) is 0 Å². The Morgan fingerprint density at radius 3 is 2.56 bits per heavy atom. The minimum absolute atomic E-state index is 0.162. The highest BCUT2D eigenvalue weighted by Gasteiger charge is 2.05. The summed E-state index contributed by atoms with van der Waals surface area (Å²) in [4.78, 5) is 2.52. The van der Waals surface area contributed by atoms with Gasteiger partial charge in [-0.15, -0.1) is 0 Å². The fourth-order valence-electron chi connectivity index (χ4n) is 0.331. The predicted molar refractivity (Wildman–Crippen MR) is 34.9 cm³/mol. The number of hydrogen-bond donors (Lipinski definition) is 1. The van der Waals surface area contributed by atoms with E-state index in [9.17, 15) is 0 Å². The summed E-state index contributed by atoms with van der Waals surface area (Å²) in [6, 6.07) is 0. The molecule has 0 unspecified atom stereocenters. The summed E-state index contributed by atoms with van der Waals surface area (Å²) < 4.78 is 0. The van der Waals surface area contributed by atoms with E-state index in [0.29, 0.717) is 0 Å². The first-order valence-corrected chi connectivity index (χ1v) is 2.87. The van der Waals surface area contributed by atoms with Gasteiger partial charge in [-0.05, 0) is 11.4 Å². The quantitative estimate of drug-likeness (QED) is 0.348. The van der Waals surface area contributed by atoms with Crippen molar-refractivity contribution in [3.05, 3.63) is 10.4 Å². The van der Waals surface area contributed by atoms with Gasteiger partial charge < -0.3 is 5.11 Å². The molecular weight excluding hydrogens is 118 g/mol. The van der Waals surface area contributed by atoms with E-state index in [2.05, 4.69) is 10.0 Å². The smallest absolute Gasteiger partial charge is 0.0619 e. The number of aliphatic hydroxyl groups is 1. The van der Waals surface area contributed by atoms with Gasteiger partial charge in [0.15, 0.2) is 0 Å². The first kappa shape index (κ1) is 8.27. The second kappa shape index (κ2) is 4.18. The van der Waals surface area contributed by atoms with Gasteiger partial charge in [0.1, 0.15) is 0 Å². The fraction of sp³-hybridized carbons (Fsp3) is 1.00. The zero-order valence-electron chi connectivity index (χ0n) is 5.65. The summed E-state index contributed by atoms with van der Waals surface area (Å²) in [6.07, 6.45) is -0.499. The number of hydrogen-bond acceptors (Lipinski definition) is 2. The topological polar surface area (TPSA) is 69.0 Å². The van der Waals surface area contributed by atoms with Gasteiger partial charge in [-0.25, -0.2) is 0 Å². The highest BCUT2D eigenvalue weighted by atomic mass is 16.3. The molecule has 9 heavy (non-hydrogen) atoms. The molecule has 0 fully saturated rings. The molecule has 0 aliphatic rings. The summed E-state index contributed by atoms with van der Waals surface area (Å²) in [7, 11) is 0. The van der Waals surface area contributed by atoms with Gasteiger partial charge in [0, 0.05) is 4.91 Å². The molecular formula is C5H11N3O. The largest absolute Gasteiger partial charge is 0.393 e. The molecule has 4 nitrogen and oxygen atoms in total. The molecule has 0 aromatic rings. The van der Waals surface area contributed by atoms with Crippen molar-refractivity contribution in [2.75, 3.05) is 6.54 Å². The molecule has 0 aromatic carbocycles. The molecule has 0 amide bonds. The van der Waals surface area contributed by atoms with Crippen molar-refractivity contribution in [1.29, 1.82) is 0 Å². The van der Waals surface area contributed by atoms with Crippen LogP contribution in [0.25, 0.3) is 10.4 Å². The molecule has 0 rings (SSSR count). The highest BCUT2D eigenvalue weighted by Crippen LogP contribution is 2.00. The van der Waals surface area contributed by atoms with Gasteiger partial charge in [0.05, 0.1) is 12.6 Å². The van der Waals surface area contributed by atoms with Crippen molar-refractivity contribution in [3.63, 3.8) is 0 Å². The monoisotopic (exact) mass is 129 g/mol. The molecule has 0 bridgehead atoms. The minimum Gasteiger partial charge on any atom is -0.393 e. The van der Waals surface area contributed by atoms with Crippen molar-refractivity contribution in [3.8, 4) is 0 Å². The first-order chi connectivity index (χ1) is 4.18. The third kappa shape index (κ3) is 3.82. The Labute approximate surface area is 54.1 Å². The van der Waals surface area contributed by atoms with E-state index in [1.807, 2.05) is 13.8 Å². The molecule has 0 aliphatic carbocycles. The van der Waals surface area contributed by atoms with Crippen LogP contribution in [0.15, 0.2) is 5.11 Å². The molecule has 0 aliphatic heterocycles. The van der Waals surface area contributed by atoms with Crippen LogP contribution >= 0.6 is 0 Å². The second-order valence-electron chi connectivity index (χ2n) is 2.22. The van der Waals surface area contributed by atoms with Crippen molar-refractivity contribution in [1.82, 2.24) is 0 Å². The fourth-order valence-corrected chi connectivity index (χ4v) is 0.331. The van der Waals surface area contributed by atoms with E-state index in [1.54, 1.807) is 0 Å². The molecule has 0 saturated carbocycles. The van der Waals surface area contributed by atoms with Crippen molar-refractivity contribution >= 4 is 0 Å². The van der Waals surface area contributed by atoms with E-state index in [0.717, 1.165) is 0 Å². The zero-order valence-corrected chi connectivity index (χ0v) is 5.65. The average Bonchev–Trinajstić information content (AvgIpc) is 1.82. The third-order valence-corrected chi connectivity index (χ3v) is 1.10. The molecule has 0 aromatic heterocycles. The standard InChI is InChI=1S/C5H11N3O/c1-4(2)5(9)3-7-8-6/h4-5,9H,3H2,1-2H3/t5-/m0/s1. The van der Waals surface area contributed by atoms with Crippen LogP contribution in [-0.4, -0.2) is 17.8 Å². The van der Waals surface area contributed by atoms with Crippen LogP contribution in [0.1, 0.15) is 13.8 Å². The zero-order chi connectivity index (χ0) is 7.28. The summed E-state index contributed by atoms with van der Waals surface area (Å²) in [6.45, 7) is 3.92. The van der Waals surface area contributed by atoms with Crippen LogP contribution in [0.4, 0.5) is 0 Å². The number of azide groups is 1. The van der Waals surface area contributed by atoms with Crippen LogP contribution in [-0.2, 0) is 0 Å². The first-order valence-electron chi connectivity index (χ1n) is 2.87. The minimum atomic E-state index is -0.499. The Hall–Kier alpha value is -0.730. The number of nitrogens with zero attached hydrogens (tertiary/aromatic N) is 3. The van der Waals surface area contributed by atoms with E-state index in [4.69, 9.17) is 10.6 Å². The Morgan fingerprint density at radius 1 is 1.67 bits per heavy atom. The van der Waals surface area contributed by atoms with Crippen LogP contribution in [0.3, 0.4) is 0 Å². The molecule has 0 heterocycles. The van der Waals surface area contributed by atoms with Crippen LogP contribution in [0.2, 0.25) is 0 Å². The average molecular weight is 129 g/mol. The number of rotatable bonds is 3. The summed E-state index contributed by atoms with van der Waals surface area (Å²) in [5.41, 5.74) is 7.84. The lowest BCUT2D eigenvalue weighted by Gasteiger charge is -2.09. The van der Waals surface area contributed by atoms with Gasteiger partial charge in [-0.3, -0.25) is 0 Å².